The lowest BCUT2D eigenvalue weighted by atomic mass is 10.3. The first-order valence-electron chi connectivity index (χ1n) is 4.30. The maximum absolute atomic E-state index is 2.45. The highest BCUT2D eigenvalue weighted by atomic mass is 32.2. The van der Waals surface area contributed by atoms with Crippen LogP contribution in [0, 0.1) is 0 Å². The Balaban J connectivity index is 2.04. The van der Waals surface area contributed by atoms with Crippen molar-refractivity contribution in [2.75, 3.05) is 17.3 Å². The Kier molecular flexibility index (Phi) is 2.52. The number of hydrogen-bond acceptors (Lipinski definition) is 1. The third-order valence-electron chi connectivity index (χ3n) is 2.30. The third kappa shape index (κ3) is 1.78. The summed E-state index contributed by atoms with van der Waals surface area (Å²) in [5.41, 5.74) is 1.65. The number of thioether (sulfide) groups is 1. The van der Waals surface area contributed by atoms with Crippen molar-refractivity contribution < 1.29 is 0 Å². The van der Waals surface area contributed by atoms with Crippen LogP contribution in [-0.2, 0) is 10.9 Å². The van der Waals surface area contributed by atoms with Crippen LogP contribution in [0.15, 0.2) is 11.6 Å². The first kappa shape index (κ1) is 8.06. The molecule has 2 atom stereocenters. The van der Waals surface area contributed by atoms with Crippen molar-refractivity contribution in [2.24, 2.45) is 0 Å². The van der Waals surface area contributed by atoms with Crippen LogP contribution in [0.25, 0.3) is 0 Å². The van der Waals surface area contributed by atoms with Crippen molar-refractivity contribution in [3.63, 3.8) is 0 Å². The van der Waals surface area contributed by atoms with E-state index in [0.717, 1.165) is 15.5 Å². The van der Waals surface area contributed by atoms with E-state index in [9.17, 15) is 0 Å². The minimum absolute atomic E-state index is 0.762. The van der Waals surface area contributed by atoms with E-state index >= 15 is 0 Å². The summed E-state index contributed by atoms with van der Waals surface area (Å²) in [6.45, 7) is 2.29. The number of rotatable bonds is 0. The van der Waals surface area contributed by atoms with Gasteiger partial charge in [-0.2, -0.15) is 0 Å². The zero-order valence-corrected chi connectivity index (χ0v) is 8.64. The van der Waals surface area contributed by atoms with Crippen LogP contribution < -0.4 is 0 Å². The molecule has 2 aliphatic heterocycles. The Hall–Kier alpha value is 0.440. The molecule has 1 saturated heterocycles. The van der Waals surface area contributed by atoms with E-state index in [-0.39, 0.29) is 0 Å². The minimum Gasteiger partial charge on any atom is -0.105 e. The van der Waals surface area contributed by atoms with E-state index in [2.05, 4.69) is 24.8 Å². The lowest BCUT2D eigenvalue weighted by molar-refractivity contribution is 1.02. The van der Waals surface area contributed by atoms with Gasteiger partial charge in [-0.15, -0.1) is 11.8 Å². The fraction of sp³-hybridized carbons (Fsp3) is 0.778. The van der Waals surface area contributed by atoms with Gasteiger partial charge in [-0.1, -0.05) is 6.08 Å². The van der Waals surface area contributed by atoms with Gasteiger partial charge in [0.1, 0.15) is 11.5 Å². The third-order valence-corrected chi connectivity index (χ3v) is 7.19. The molecule has 2 heterocycles. The quantitative estimate of drug-likeness (QED) is 0.414. The Bertz CT molecular complexity index is 174. The van der Waals surface area contributed by atoms with Crippen LogP contribution in [-0.4, -0.2) is 21.8 Å². The Morgan fingerprint density at radius 2 is 2.55 bits per heavy atom. The van der Waals surface area contributed by atoms with Gasteiger partial charge in [-0.3, -0.25) is 0 Å². The fourth-order valence-electron chi connectivity index (χ4n) is 1.70. The van der Waals surface area contributed by atoms with Crippen LogP contribution in [0.1, 0.15) is 19.8 Å². The second-order valence-electron chi connectivity index (χ2n) is 3.33. The number of fused-ring (bicyclic) bond motifs is 1. The van der Waals surface area contributed by atoms with Crippen molar-refractivity contribution in [3.05, 3.63) is 11.6 Å². The summed E-state index contributed by atoms with van der Waals surface area (Å²) in [5, 5.41) is 0. The summed E-state index contributed by atoms with van der Waals surface area (Å²) in [5.74, 6) is 4.35. The second-order valence-corrected chi connectivity index (χ2v) is 7.28. The molecule has 0 N–H and O–H groups in total. The van der Waals surface area contributed by atoms with E-state index in [4.69, 9.17) is 0 Å². The molecule has 0 aromatic carbocycles. The topological polar surface area (TPSA) is 0 Å². The Labute approximate surface area is 76.2 Å². The van der Waals surface area contributed by atoms with Gasteiger partial charge in [0, 0.05) is 29.5 Å². The van der Waals surface area contributed by atoms with Gasteiger partial charge >= 0.3 is 0 Å². The molecule has 11 heavy (non-hydrogen) atoms. The molecule has 62 valence electrons. The molecule has 2 unspecified atom stereocenters. The summed E-state index contributed by atoms with van der Waals surface area (Å²) in [6.07, 6.45) is 5.28. The maximum atomic E-state index is 2.45. The van der Waals surface area contributed by atoms with Crippen molar-refractivity contribution in [1.29, 1.82) is 0 Å². The average Bonchev–Trinajstić information content (AvgIpc) is 2.04. The van der Waals surface area contributed by atoms with Crippen LogP contribution in [0.3, 0.4) is 0 Å². The molecule has 0 bridgehead atoms. The van der Waals surface area contributed by atoms with E-state index < -0.39 is 0 Å². The van der Waals surface area contributed by atoms with Gasteiger partial charge in [-0.05, 0) is 12.5 Å². The molecule has 2 heteroatoms. The minimum atomic E-state index is 0.762. The largest absolute Gasteiger partial charge is 0.167 e. The predicted octanol–water partition coefficient (Wildman–Crippen LogP) is 2.42. The molecule has 0 aromatic rings. The average molecular weight is 187 g/mol. The van der Waals surface area contributed by atoms with Gasteiger partial charge in [-0.25, -0.2) is 0 Å². The smallest absolute Gasteiger partial charge is 0.105 e. The molecule has 0 amide bonds. The Morgan fingerprint density at radius 1 is 1.64 bits per heavy atom. The molecule has 0 saturated carbocycles. The van der Waals surface area contributed by atoms with Crippen molar-refractivity contribution in [1.82, 2.24) is 0 Å². The van der Waals surface area contributed by atoms with Gasteiger partial charge in [0.25, 0.3) is 0 Å². The van der Waals surface area contributed by atoms with E-state index in [1.165, 1.54) is 30.1 Å². The monoisotopic (exact) mass is 187 g/mol. The first-order valence-corrected chi connectivity index (χ1v) is 6.97. The summed E-state index contributed by atoms with van der Waals surface area (Å²) in [7, 11) is 0.762. The van der Waals surface area contributed by atoms with Crippen LogP contribution in [0.5, 0.6) is 0 Å². The molecule has 0 aromatic heterocycles. The highest BCUT2D eigenvalue weighted by Crippen LogP contribution is 2.34. The second kappa shape index (κ2) is 3.44. The molecule has 0 nitrogen and oxygen atoms in total. The van der Waals surface area contributed by atoms with Gasteiger partial charge in [0.2, 0.25) is 0 Å². The van der Waals surface area contributed by atoms with Crippen LogP contribution in [0.2, 0.25) is 0 Å². The number of hydrogen-bond donors (Lipinski definition) is 0. The van der Waals surface area contributed by atoms with Crippen molar-refractivity contribution >= 4 is 22.7 Å². The Morgan fingerprint density at radius 3 is 3.45 bits per heavy atom. The molecular weight excluding hydrogens is 172 g/mol. The fourth-order valence-corrected chi connectivity index (χ4v) is 6.42. The van der Waals surface area contributed by atoms with Gasteiger partial charge < -0.3 is 0 Å². The van der Waals surface area contributed by atoms with Crippen molar-refractivity contribution in [2.45, 2.75) is 24.3 Å². The van der Waals surface area contributed by atoms with E-state index in [1.807, 2.05) is 0 Å². The summed E-state index contributed by atoms with van der Waals surface area (Å²) in [6, 6.07) is 0. The highest BCUT2D eigenvalue weighted by Gasteiger charge is 2.35. The lowest BCUT2D eigenvalue weighted by Crippen LogP contribution is -2.32. The molecule has 0 aliphatic carbocycles. The SMILES string of the molecule is CC1=CCC2SCCC[S+]2C1. The molecule has 2 rings (SSSR count). The van der Waals surface area contributed by atoms with Crippen molar-refractivity contribution in [3.8, 4) is 0 Å². The molecule has 0 radical (unpaired) electrons. The van der Waals surface area contributed by atoms with E-state index in [0.29, 0.717) is 0 Å². The molecule has 1 fully saturated rings. The number of allylic oxidation sites excluding steroid dienone is 1. The van der Waals surface area contributed by atoms with Gasteiger partial charge in [0.05, 0.1) is 0 Å². The standard InChI is InChI=1S/C9H15S2/c1-8-3-4-9-10-5-2-6-11(9)7-8/h3,9H,2,4-7H2,1H3/q+1. The predicted molar refractivity (Wildman–Crippen MR) is 56.3 cm³/mol. The van der Waals surface area contributed by atoms with Gasteiger partial charge in [0.15, 0.2) is 4.58 Å². The molecule has 2 aliphatic rings. The zero-order valence-electron chi connectivity index (χ0n) is 7.01. The maximum Gasteiger partial charge on any atom is 0.167 e. The molecular formula is C9H15S2+. The van der Waals surface area contributed by atoms with E-state index in [1.54, 1.807) is 5.57 Å². The normalized spacial score (nSPS) is 37.7. The zero-order chi connectivity index (χ0) is 7.68. The lowest BCUT2D eigenvalue weighted by Gasteiger charge is -2.25. The van der Waals surface area contributed by atoms with Crippen LogP contribution in [0.4, 0.5) is 0 Å². The summed E-state index contributed by atoms with van der Waals surface area (Å²) < 4.78 is 1.01. The first-order chi connectivity index (χ1) is 5.36. The highest BCUT2D eigenvalue weighted by molar-refractivity contribution is 8.16. The van der Waals surface area contributed by atoms with Crippen LogP contribution >= 0.6 is 11.8 Å². The summed E-state index contributed by atoms with van der Waals surface area (Å²) >= 11 is 2.22. The molecule has 0 spiro atoms. The summed E-state index contributed by atoms with van der Waals surface area (Å²) in [4.78, 5) is 0.